The Morgan fingerprint density at radius 3 is 2.75 bits per heavy atom. The van der Waals surface area contributed by atoms with Crippen molar-refractivity contribution in [1.82, 2.24) is 5.32 Å². The van der Waals surface area contributed by atoms with Gasteiger partial charge in [0, 0.05) is 6.04 Å². The summed E-state index contributed by atoms with van der Waals surface area (Å²) >= 11 is 0. The number of fused-ring (bicyclic) bond motifs is 1. The Balaban J connectivity index is 2.01. The lowest BCUT2D eigenvalue weighted by atomic mass is 10.2. The van der Waals surface area contributed by atoms with E-state index in [1.54, 1.807) is 0 Å². The van der Waals surface area contributed by atoms with Gasteiger partial charge in [-0.05, 0) is 18.8 Å². The molecule has 1 aliphatic heterocycles. The molecule has 2 rings (SSSR count). The molecule has 1 N–H and O–H groups in total. The van der Waals surface area contributed by atoms with Gasteiger partial charge >= 0.3 is 0 Å². The smallest absolute Gasteiger partial charge is 0.0958 e. The summed E-state index contributed by atoms with van der Waals surface area (Å²) in [6.07, 6.45) is 2.42. The molecular formula is C6H8N2. The van der Waals surface area contributed by atoms with Gasteiger partial charge in [0.15, 0.2) is 0 Å². The van der Waals surface area contributed by atoms with Gasteiger partial charge in [0.2, 0.25) is 0 Å². The van der Waals surface area contributed by atoms with Crippen LogP contribution in [0.1, 0.15) is 12.8 Å². The third kappa shape index (κ3) is 0.452. The van der Waals surface area contributed by atoms with Gasteiger partial charge in [-0.2, -0.15) is 5.26 Å². The lowest BCUT2D eigenvalue weighted by Gasteiger charge is -1.98. The maximum Gasteiger partial charge on any atom is 0.0958 e. The Morgan fingerprint density at radius 1 is 1.50 bits per heavy atom. The summed E-state index contributed by atoms with van der Waals surface area (Å²) in [6.45, 7) is 0. The Morgan fingerprint density at radius 2 is 2.38 bits per heavy atom. The molecule has 0 bridgehead atoms. The average Bonchev–Trinajstić information content (AvgIpc) is 2.40. The molecule has 0 aromatic heterocycles. The second-order valence-electron chi connectivity index (χ2n) is 2.69. The highest BCUT2D eigenvalue weighted by atomic mass is 15.0. The molecule has 2 fully saturated rings. The zero-order valence-electron chi connectivity index (χ0n) is 4.59. The summed E-state index contributed by atoms with van der Waals surface area (Å²) in [7, 11) is 0. The number of nitriles is 1. The predicted octanol–water partition coefficient (Wildman–Crippen LogP) is 0.260. The summed E-state index contributed by atoms with van der Waals surface area (Å²) in [6, 6.07) is 3.11. The molecule has 1 heterocycles. The van der Waals surface area contributed by atoms with Gasteiger partial charge in [-0.15, -0.1) is 0 Å². The van der Waals surface area contributed by atoms with E-state index >= 15 is 0 Å². The van der Waals surface area contributed by atoms with E-state index in [4.69, 9.17) is 5.26 Å². The highest BCUT2D eigenvalue weighted by Crippen LogP contribution is 2.40. The van der Waals surface area contributed by atoms with E-state index in [0.29, 0.717) is 0 Å². The summed E-state index contributed by atoms with van der Waals surface area (Å²) < 4.78 is 0. The van der Waals surface area contributed by atoms with E-state index in [9.17, 15) is 0 Å². The molecule has 42 valence electrons. The first-order chi connectivity index (χ1) is 3.90. The van der Waals surface area contributed by atoms with Crippen molar-refractivity contribution in [3.63, 3.8) is 0 Å². The van der Waals surface area contributed by atoms with Gasteiger partial charge in [-0.3, -0.25) is 5.32 Å². The van der Waals surface area contributed by atoms with E-state index in [1.807, 2.05) is 0 Å². The topological polar surface area (TPSA) is 35.8 Å². The molecule has 3 atom stereocenters. The average molecular weight is 108 g/mol. The van der Waals surface area contributed by atoms with E-state index in [0.717, 1.165) is 18.4 Å². The number of hydrogen-bond donors (Lipinski definition) is 1. The van der Waals surface area contributed by atoms with Crippen LogP contribution in [0.3, 0.4) is 0 Å². The zero-order valence-corrected chi connectivity index (χ0v) is 4.59. The first kappa shape index (κ1) is 4.34. The molecule has 0 radical (unpaired) electrons. The molecule has 2 aliphatic rings. The summed E-state index contributed by atoms with van der Waals surface area (Å²) in [5.41, 5.74) is 0. The molecule has 0 amide bonds. The summed E-state index contributed by atoms with van der Waals surface area (Å²) in [4.78, 5) is 0. The minimum absolute atomic E-state index is 0.179. The van der Waals surface area contributed by atoms with Crippen molar-refractivity contribution >= 4 is 0 Å². The number of nitrogens with zero attached hydrogens (tertiary/aromatic N) is 1. The largest absolute Gasteiger partial charge is 0.299 e. The van der Waals surface area contributed by atoms with Gasteiger partial charge in [-0.25, -0.2) is 0 Å². The highest BCUT2D eigenvalue weighted by Gasteiger charge is 2.45. The normalized spacial score (nSPS) is 50.1. The Bertz CT molecular complexity index is 137. The van der Waals surface area contributed by atoms with Crippen molar-refractivity contribution in [2.45, 2.75) is 24.9 Å². The first-order valence-electron chi connectivity index (χ1n) is 3.06. The minimum Gasteiger partial charge on any atom is -0.299 e. The maximum absolute atomic E-state index is 8.39. The standard InChI is InChI=1S/C6H8N2/c7-3-5-1-4-2-6(4)8-5/h4-6,8H,1-2H2/t4-,5-,6-/m1/s1. The summed E-state index contributed by atoms with van der Waals surface area (Å²) in [5, 5.41) is 11.6. The maximum atomic E-state index is 8.39. The highest BCUT2D eigenvalue weighted by molar-refractivity contribution is 5.09. The van der Waals surface area contributed by atoms with Gasteiger partial charge in [0.05, 0.1) is 12.1 Å². The zero-order chi connectivity index (χ0) is 5.56. The lowest BCUT2D eigenvalue weighted by molar-refractivity contribution is 0.643. The van der Waals surface area contributed by atoms with Crippen molar-refractivity contribution in [2.24, 2.45) is 5.92 Å². The van der Waals surface area contributed by atoms with Gasteiger partial charge in [0.25, 0.3) is 0 Å². The number of piperidine rings is 1. The molecule has 0 spiro atoms. The second kappa shape index (κ2) is 1.24. The van der Waals surface area contributed by atoms with Crippen LogP contribution in [0.5, 0.6) is 0 Å². The fraction of sp³-hybridized carbons (Fsp3) is 0.833. The Kier molecular flexibility index (Phi) is 0.671. The Hall–Kier alpha value is -0.550. The molecule has 2 nitrogen and oxygen atoms in total. The quantitative estimate of drug-likeness (QED) is 0.483. The van der Waals surface area contributed by atoms with Crippen LogP contribution in [0.15, 0.2) is 0 Å². The third-order valence-corrected chi connectivity index (χ3v) is 2.03. The van der Waals surface area contributed by atoms with Crippen LogP contribution < -0.4 is 5.32 Å². The number of rotatable bonds is 0. The van der Waals surface area contributed by atoms with E-state index in [-0.39, 0.29) is 6.04 Å². The minimum atomic E-state index is 0.179. The molecule has 0 aromatic rings. The van der Waals surface area contributed by atoms with Crippen molar-refractivity contribution < 1.29 is 0 Å². The fourth-order valence-electron chi connectivity index (χ4n) is 1.43. The molecule has 0 aromatic carbocycles. The van der Waals surface area contributed by atoms with Crippen molar-refractivity contribution in [2.75, 3.05) is 0 Å². The van der Waals surface area contributed by atoms with Crippen LogP contribution in [0.25, 0.3) is 0 Å². The van der Waals surface area contributed by atoms with Crippen LogP contribution in [-0.2, 0) is 0 Å². The lowest BCUT2D eigenvalue weighted by Crippen LogP contribution is -2.23. The molecule has 8 heavy (non-hydrogen) atoms. The van der Waals surface area contributed by atoms with Crippen LogP contribution in [0.4, 0.5) is 0 Å². The number of nitrogens with one attached hydrogen (secondary N) is 1. The van der Waals surface area contributed by atoms with Gasteiger partial charge in [0.1, 0.15) is 0 Å². The van der Waals surface area contributed by atoms with Gasteiger partial charge < -0.3 is 0 Å². The van der Waals surface area contributed by atoms with Crippen LogP contribution >= 0.6 is 0 Å². The van der Waals surface area contributed by atoms with E-state index in [1.165, 1.54) is 6.42 Å². The van der Waals surface area contributed by atoms with Crippen molar-refractivity contribution in [1.29, 1.82) is 5.26 Å². The van der Waals surface area contributed by atoms with Gasteiger partial charge in [-0.1, -0.05) is 0 Å². The van der Waals surface area contributed by atoms with E-state index < -0.39 is 0 Å². The van der Waals surface area contributed by atoms with Crippen molar-refractivity contribution in [3.8, 4) is 6.07 Å². The fourth-order valence-corrected chi connectivity index (χ4v) is 1.43. The second-order valence-corrected chi connectivity index (χ2v) is 2.69. The molecule has 1 saturated heterocycles. The first-order valence-corrected chi connectivity index (χ1v) is 3.06. The summed E-state index contributed by atoms with van der Waals surface area (Å²) in [5.74, 6) is 0.861. The predicted molar refractivity (Wildman–Crippen MR) is 29.0 cm³/mol. The molecule has 0 unspecified atom stereocenters. The number of hydrogen-bond acceptors (Lipinski definition) is 2. The third-order valence-electron chi connectivity index (χ3n) is 2.03. The molecule has 1 aliphatic carbocycles. The monoisotopic (exact) mass is 108 g/mol. The van der Waals surface area contributed by atoms with Crippen LogP contribution in [-0.4, -0.2) is 12.1 Å². The van der Waals surface area contributed by atoms with Crippen LogP contribution in [0, 0.1) is 17.2 Å². The SMILES string of the molecule is N#C[C@H]1C[C@@H]2C[C@H]2N1. The molecular weight excluding hydrogens is 100 g/mol. The Labute approximate surface area is 48.5 Å². The molecule has 2 heteroatoms. The van der Waals surface area contributed by atoms with Crippen LogP contribution in [0.2, 0.25) is 0 Å². The molecule has 1 saturated carbocycles. The van der Waals surface area contributed by atoms with E-state index in [2.05, 4.69) is 11.4 Å². The van der Waals surface area contributed by atoms with Crippen molar-refractivity contribution in [3.05, 3.63) is 0 Å².